The van der Waals surface area contributed by atoms with E-state index < -0.39 is 0 Å². The van der Waals surface area contributed by atoms with Gasteiger partial charge in [0.25, 0.3) is 0 Å². The molecule has 2 fully saturated rings. The molecule has 0 amide bonds. The quantitative estimate of drug-likeness (QED) is 0.561. The van der Waals surface area contributed by atoms with Crippen molar-refractivity contribution in [3.05, 3.63) is 35.2 Å². The molecule has 2 aromatic rings. The van der Waals surface area contributed by atoms with E-state index in [1.165, 1.54) is 42.6 Å². The number of thioether (sulfide) groups is 1. The van der Waals surface area contributed by atoms with Crippen LogP contribution in [-0.4, -0.2) is 27.1 Å². The predicted octanol–water partition coefficient (Wildman–Crippen LogP) is 4.28. The van der Waals surface area contributed by atoms with Crippen molar-refractivity contribution < 1.29 is 4.74 Å². The van der Waals surface area contributed by atoms with Crippen molar-refractivity contribution in [2.24, 2.45) is 0 Å². The molecule has 0 bridgehead atoms. The molecule has 0 spiro atoms. The highest BCUT2D eigenvalue weighted by Gasteiger charge is 2.36. The Hall–Kier alpha value is -1.49. The van der Waals surface area contributed by atoms with Crippen LogP contribution in [-0.2, 0) is 0 Å². The van der Waals surface area contributed by atoms with Gasteiger partial charge in [0.15, 0.2) is 5.16 Å². The summed E-state index contributed by atoms with van der Waals surface area (Å²) >= 11 is 1.78. The number of hydrogen-bond donors (Lipinski definition) is 0. The van der Waals surface area contributed by atoms with Crippen LogP contribution in [0.15, 0.2) is 23.4 Å². The van der Waals surface area contributed by atoms with Gasteiger partial charge in [0.2, 0.25) is 0 Å². The van der Waals surface area contributed by atoms with Crippen molar-refractivity contribution in [2.75, 3.05) is 12.4 Å². The first-order chi connectivity index (χ1) is 11.2. The molecular formula is C18H23N3OS. The second-order valence-corrected chi connectivity index (χ2v) is 7.70. The summed E-state index contributed by atoms with van der Waals surface area (Å²) in [6.45, 7) is 4.90. The minimum absolute atomic E-state index is 0.655. The van der Waals surface area contributed by atoms with E-state index in [-0.39, 0.29) is 0 Å². The molecule has 1 aromatic heterocycles. The van der Waals surface area contributed by atoms with E-state index in [2.05, 4.69) is 46.8 Å². The average molecular weight is 329 g/mol. The van der Waals surface area contributed by atoms with Gasteiger partial charge in [-0.05, 0) is 50.7 Å². The number of hydrogen-bond acceptors (Lipinski definition) is 4. The smallest absolute Gasteiger partial charge is 0.191 e. The summed E-state index contributed by atoms with van der Waals surface area (Å²) in [7, 11) is 0. The summed E-state index contributed by atoms with van der Waals surface area (Å²) in [5.41, 5.74) is 2.40. The van der Waals surface area contributed by atoms with Crippen LogP contribution in [0.25, 0.3) is 0 Å². The highest BCUT2D eigenvalue weighted by Crippen LogP contribution is 2.45. The Morgan fingerprint density at radius 2 is 1.87 bits per heavy atom. The molecule has 0 aliphatic heterocycles. The lowest BCUT2D eigenvalue weighted by Gasteiger charge is -2.12. The number of rotatable bonds is 7. The maximum Gasteiger partial charge on any atom is 0.191 e. The maximum absolute atomic E-state index is 5.99. The van der Waals surface area contributed by atoms with E-state index in [0.29, 0.717) is 18.6 Å². The topological polar surface area (TPSA) is 39.9 Å². The minimum atomic E-state index is 0.655. The molecule has 0 radical (unpaired) electrons. The third-order valence-corrected chi connectivity index (χ3v) is 5.42. The molecule has 2 aliphatic carbocycles. The van der Waals surface area contributed by atoms with Gasteiger partial charge in [-0.1, -0.05) is 30.0 Å². The van der Waals surface area contributed by atoms with Gasteiger partial charge in [-0.2, -0.15) is 0 Å². The van der Waals surface area contributed by atoms with E-state index in [0.717, 1.165) is 16.7 Å². The van der Waals surface area contributed by atoms with Crippen LogP contribution in [0.2, 0.25) is 0 Å². The Morgan fingerprint density at radius 1 is 1.13 bits per heavy atom. The number of benzene rings is 1. The largest absolute Gasteiger partial charge is 0.492 e. The van der Waals surface area contributed by atoms with Crippen molar-refractivity contribution in [1.82, 2.24) is 14.8 Å². The summed E-state index contributed by atoms with van der Waals surface area (Å²) in [5.74, 6) is 3.83. The van der Waals surface area contributed by atoms with Crippen molar-refractivity contribution in [3.63, 3.8) is 0 Å². The number of aryl methyl sites for hydroxylation is 2. The number of aromatic nitrogens is 3. The lowest BCUT2D eigenvalue weighted by Crippen LogP contribution is -2.05. The Kier molecular flexibility index (Phi) is 4.05. The molecule has 23 heavy (non-hydrogen) atoms. The third-order valence-electron chi connectivity index (χ3n) is 4.52. The molecule has 1 aromatic carbocycles. The fourth-order valence-electron chi connectivity index (χ4n) is 2.99. The standard InChI is InChI=1S/C18H23N3OS/c1-12-4-3-5-13(2)16(12)22-10-11-23-18-20-19-17(14-6-7-14)21(18)15-8-9-15/h3-5,14-15H,6-11H2,1-2H3. The van der Waals surface area contributed by atoms with Gasteiger partial charge in [-0.25, -0.2) is 0 Å². The molecule has 4 nitrogen and oxygen atoms in total. The van der Waals surface area contributed by atoms with E-state index in [4.69, 9.17) is 4.74 Å². The second kappa shape index (κ2) is 6.19. The lowest BCUT2D eigenvalue weighted by molar-refractivity contribution is 0.339. The van der Waals surface area contributed by atoms with Crippen molar-refractivity contribution in [1.29, 1.82) is 0 Å². The van der Waals surface area contributed by atoms with Crippen LogP contribution in [0.4, 0.5) is 0 Å². The lowest BCUT2D eigenvalue weighted by atomic mass is 10.1. The zero-order chi connectivity index (χ0) is 15.8. The predicted molar refractivity (Wildman–Crippen MR) is 92.4 cm³/mol. The normalized spacial score (nSPS) is 17.5. The van der Waals surface area contributed by atoms with E-state index in [1.54, 1.807) is 11.8 Å². The van der Waals surface area contributed by atoms with Gasteiger partial charge in [0.1, 0.15) is 11.6 Å². The zero-order valence-electron chi connectivity index (χ0n) is 13.8. The molecule has 0 atom stereocenters. The highest BCUT2D eigenvalue weighted by molar-refractivity contribution is 7.99. The zero-order valence-corrected chi connectivity index (χ0v) is 14.6. The van der Waals surface area contributed by atoms with Gasteiger partial charge in [-0.3, -0.25) is 0 Å². The van der Waals surface area contributed by atoms with Gasteiger partial charge in [-0.15, -0.1) is 10.2 Å². The number of ether oxygens (including phenoxy) is 1. The van der Waals surface area contributed by atoms with Crippen LogP contribution in [0.5, 0.6) is 5.75 Å². The van der Waals surface area contributed by atoms with Gasteiger partial charge < -0.3 is 9.30 Å². The van der Waals surface area contributed by atoms with Crippen LogP contribution >= 0.6 is 11.8 Å². The summed E-state index contributed by atoms with van der Waals surface area (Å²) in [4.78, 5) is 0. The molecule has 2 aliphatic rings. The average Bonchev–Trinajstić information content (AvgIpc) is 3.45. The Bertz CT molecular complexity index is 684. The SMILES string of the molecule is Cc1cccc(C)c1OCCSc1nnc(C2CC2)n1C1CC1. The minimum Gasteiger partial charge on any atom is -0.492 e. The molecule has 2 saturated carbocycles. The summed E-state index contributed by atoms with van der Waals surface area (Å²) < 4.78 is 8.40. The molecule has 1 heterocycles. The van der Waals surface area contributed by atoms with E-state index in [1.807, 2.05) is 0 Å². The first-order valence-corrected chi connectivity index (χ1v) is 9.49. The number of nitrogens with zero attached hydrogens (tertiary/aromatic N) is 3. The molecule has 122 valence electrons. The van der Waals surface area contributed by atoms with Crippen LogP contribution in [0.1, 0.15) is 54.6 Å². The molecule has 0 N–H and O–H groups in total. The van der Waals surface area contributed by atoms with Gasteiger partial charge in [0.05, 0.1) is 6.61 Å². The fraction of sp³-hybridized carbons (Fsp3) is 0.556. The summed E-state index contributed by atoms with van der Waals surface area (Å²) in [6.07, 6.45) is 5.13. The first-order valence-electron chi connectivity index (χ1n) is 8.50. The van der Waals surface area contributed by atoms with Gasteiger partial charge in [0, 0.05) is 17.7 Å². The van der Waals surface area contributed by atoms with Gasteiger partial charge >= 0.3 is 0 Å². The fourth-order valence-corrected chi connectivity index (χ4v) is 3.82. The molecular weight excluding hydrogens is 306 g/mol. The van der Waals surface area contributed by atoms with Crippen molar-refractivity contribution >= 4 is 11.8 Å². The van der Waals surface area contributed by atoms with Crippen molar-refractivity contribution in [2.45, 2.75) is 56.6 Å². The monoisotopic (exact) mass is 329 g/mol. The third kappa shape index (κ3) is 3.25. The van der Waals surface area contributed by atoms with Crippen LogP contribution < -0.4 is 4.74 Å². The first kappa shape index (κ1) is 15.1. The van der Waals surface area contributed by atoms with E-state index >= 15 is 0 Å². The van der Waals surface area contributed by atoms with Crippen molar-refractivity contribution in [3.8, 4) is 5.75 Å². The van der Waals surface area contributed by atoms with E-state index in [9.17, 15) is 0 Å². The summed E-state index contributed by atoms with van der Waals surface area (Å²) in [5, 5.41) is 9.98. The Morgan fingerprint density at radius 3 is 2.52 bits per heavy atom. The molecule has 0 saturated heterocycles. The molecule has 0 unspecified atom stereocenters. The second-order valence-electron chi connectivity index (χ2n) is 6.63. The molecule has 4 rings (SSSR count). The molecule has 5 heteroatoms. The summed E-state index contributed by atoms with van der Waals surface area (Å²) in [6, 6.07) is 6.93. The maximum atomic E-state index is 5.99. The number of para-hydroxylation sites is 1. The van der Waals surface area contributed by atoms with Crippen LogP contribution in [0, 0.1) is 13.8 Å². The van der Waals surface area contributed by atoms with Crippen LogP contribution in [0.3, 0.4) is 0 Å². The Labute approximate surface area is 141 Å². The highest BCUT2D eigenvalue weighted by atomic mass is 32.2. The Balaban J connectivity index is 1.36.